The van der Waals surface area contributed by atoms with Gasteiger partial charge in [-0.1, -0.05) is 15.9 Å². The van der Waals surface area contributed by atoms with E-state index in [1.54, 1.807) is 42.5 Å². The van der Waals surface area contributed by atoms with Crippen molar-refractivity contribution < 1.29 is 9.84 Å². The molecule has 3 nitrogen and oxygen atoms in total. The molecule has 2 aromatic rings. The molecule has 0 heterocycles. The second kappa shape index (κ2) is 5.56. The van der Waals surface area contributed by atoms with E-state index < -0.39 is 0 Å². The zero-order chi connectivity index (χ0) is 13.0. The molecule has 0 aromatic heterocycles. The van der Waals surface area contributed by atoms with E-state index >= 15 is 0 Å². The summed E-state index contributed by atoms with van der Waals surface area (Å²) < 4.78 is 6.46. The average Bonchev–Trinajstić information content (AvgIpc) is 2.40. The van der Waals surface area contributed by atoms with Gasteiger partial charge in [0.2, 0.25) is 0 Å². The van der Waals surface area contributed by atoms with Gasteiger partial charge in [-0.05, 0) is 42.5 Å². The zero-order valence-electron chi connectivity index (χ0n) is 9.43. The Hall–Kier alpha value is -1.99. The van der Waals surface area contributed by atoms with Crippen molar-refractivity contribution in [2.45, 2.75) is 6.61 Å². The Balaban J connectivity index is 2.07. The maximum absolute atomic E-state index is 9.39. The van der Waals surface area contributed by atoms with Crippen LogP contribution in [0.25, 0.3) is 0 Å². The lowest BCUT2D eigenvalue weighted by Crippen LogP contribution is -1.96. The van der Waals surface area contributed by atoms with Gasteiger partial charge in [0.15, 0.2) is 0 Å². The second-order valence-corrected chi connectivity index (χ2v) is 4.55. The van der Waals surface area contributed by atoms with Crippen molar-refractivity contribution >= 4 is 15.9 Å². The number of rotatable bonds is 3. The molecule has 0 spiro atoms. The Labute approximate surface area is 113 Å². The fraction of sp³-hybridized carbons (Fsp3) is 0.0714. The van der Waals surface area contributed by atoms with E-state index in [2.05, 4.69) is 15.9 Å². The summed E-state index contributed by atoms with van der Waals surface area (Å²) in [6, 6.07) is 14.0. The summed E-state index contributed by atoms with van der Waals surface area (Å²) in [5, 5.41) is 18.1. The van der Waals surface area contributed by atoms with Crippen LogP contribution in [0, 0.1) is 11.3 Å². The van der Waals surface area contributed by atoms with Gasteiger partial charge >= 0.3 is 0 Å². The molecule has 0 fully saturated rings. The Bertz CT molecular complexity index is 588. The van der Waals surface area contributed by atoms with Crippen molar-refractivity contribution in [2.75, 3.05) is 0 Å². The maximum Gasteiger partial charge on any atom is 0.119 e. The molecule has 0 radical (unpaired) electrons. The van der Waals surface area contributed by atoms with Crippen LogP contribution in [0.4, 0.5) is 0 Å². The first-order valence-corrected chi connectivity index (χ1v) is 6.08. The number of phenolic OH excluding ortho intramolecular Hbond substituents is 1. The Morgan fingerprint density at radius 1 is 1.17 bits per heavy atom. The molecule has 1 N–H and O–H groups in total. The summed E-state index contributed by atoms with van der Waals surface area (Å²) in [5.41, 5.74) is 1.46. The molecule has 0 aliphatic heterocycles. The Morgan fingerprint density at radius 3 is 2.56 bits per heavy atom. The molecule has 0 aliphatic rings. The van der Waals surface area contributed by atoms with Gasteiger partial charge in [-0.15, -0.1) is 0 Å². The second-order valence-electron chi connectivity index (χ2n) is 3.70. The predicted molar refractivity (Wildman–Crippen MR) is 71.3 cm³/mol. The van der Waals surface area contributed by atoms with E-state index in [-0.39, 0.29) is 5.75 Å². The predicted octanol–water partition coefficient (Wildman–Crippen LogP) is 3.61. The van der Waals surface area contributed by atoms with Gasteiger partial charge in [0.05, 0.1) is 11.6 Å². The number of nitriles is 1. The minimum atomic E-state index is 0.205. The van der Waals surface area contributed by atoms with Gasteiger partial charge in [-0.2, -0.15) is 5.26 Å². The highest BCUT2D eigenvalue weighted by atomic mass is 79.9. The number of nitrogens with zero attached hydrogens (tertiary/aromatic N) is 1. The molecule has 0 amide bonds. The van der Waals surface area contributed by atoms with Crippen molar-refractivity contribution in [3.8, 4) is 17.6 Å². The Kier molecular flexibility index (Phi) is 3.85. The van der Waals surface area contributed by atoms with E-state index in [0.717, 1.165) is 10.0 Å². The molecule has 4 heteroatoms. The van der Waals surface area contributed by atoms with Gasteiger partial charge in [-0.3, -0.25) is 0 Å². The summed E-state index contributed by atoms with van der Waals surface area (Å²) >= 11 is 3.39. The highest BCUT2D eigenvalue weighted by Crippen LogP contribution is 2.23. The van der Waals surface area contributed by atoms with Crippen LogP contribution in [0.15, 0.2) is 46.9 Å². The summed E-state index contributed by atoms with van der Waals surface area (Å²) in [7, 11) is 0. The van der Waals surface area contributed by atoms with Crippen molar-refractivity contribution in [1.29, 1.82) is 5.26 Å². The van der Waals surface area contributed by atoms with Crippen LogP contribution in [0.5, 0.6) is 11.5 Å². The maximum atomic E-state index is 9.39. The first kappa shape index (κ1) is 12.5. The number of halogens is 1. The summed E-state index contributed by atoms with van der Waals surface area (Å²) in [4.78, 5) is 0. The highest BCUT2D eigenvalue weighted by Gasteiger charge is 2.02. The van der Waals surface area contributed by atoms with Crippen LogP contribution in [0.1, 0.15) is 11.1 Å². The van der Waals surface area contributed by atoms with Gasteiger partial charge in [-0.25, -0.2) is 0 Å². The number of aromatic hydroxyl groups is 1. The largest absolute Gasteiger partial charge is 0.508 e. The van der Waals surface area contributed by atoms with Crippen LogP contribution < -0.4 is 4.74 Å². The molecule has 0 aliphatic carbocycles. The van der Waals surface area contributed by atoms with Crippen LogP contribution in [-0.2, 0) is 6.61 Å². The van der Waals surface area contributed by atoms with Crippen molar-refractivity contribution in [1.82, 2.24) is 0 Å². The lowest BCUT2D eigenvalue weighted by molar-refractivity contribution is 0.304. The molecule has 2 aromatic carbocycles. The SMILES string of the molecule is N#Cc1ccc(OCc2cc(O)ccc2Br)cc1. The average molecular weight is 304 g/mol. The third-order valence-corrected chi connectivity index (χ3v) is 3.18. The van der Waals surface area contributed by atoms with E-state index in [1.807, 2.05) is 6.07 Å². The number of hydrogen-bond acceptors (Lipinski definition) is 3. The first-order valence-electron chi connectivity index (χ1n) is 5.29. The first-order chi connectivity index (χ1) is 8.69. The van der Waals surface area contributed by atoms with Gasteiger partial charge in [0, 0.05) is 10.0 Å². The van der Waals surface area contributed by atoms with Gasteiger partial charge in [0.1, 0.15) is 18.1 Å². The number of ether oxygens (including phenoxy) is 1. The molecular weight excluding hydrogens is 294 g/mol. The topological polar surface area (TPSA) is 53.2 Å². The summed E-state index contributed by atoms with van der Waals surface area (Å²) in [5.74, 6) is 0.890. The standard InChI is InChI=1S/C14H10BrNO2/c15-14-6-3-12(17)7-11(14)9-18-13-4-1-10(8-16)2-5-13/h1-7,17H,9H2. The molecule has 0 atom stereocenters. The smallest absolute Gasteiger partial charge is 0.119 e. The molecule has 18 heavy (non-hydrogen) atoms. The number of phenols is 1. The Morgan fingerprint density at radius 2 is 1.89 bits per heavy atom. The number of benzene rings is 2. The van der Waals surface area contributed by atoms with Gasteiger partial charge < -0.3 is 9.84 Å². The molecule has 90 valence electrons. The van der Waals surface area contributed by atoms with E-state index in [1.165, 1.54) is 0 Å². The van der Waals surface area contributed by atoms with Crippen molar-refractivity contribution in [2.24, 2.45) is 0 Å². The molecule has 2 rings (SSSR count). The lowest BCUT2D eigenvalue weighted by atomic mass is 10.2. The van der Waals surface area contributed by atoms with Gasteiger partial charge in [0.25, 0.3) is 0 Å². The summed E-state index contributed by atoms with van der Waals surface area (Å²) in [6.07, 6.45) is 0. The molecule has 0 bridgehead atoms. The monoisotopic (exact) mass is 303 g/mol. The van der Waals surface area contributed by atoms with Crippen LogP contribution in [0.3, 0.4) is 0 Å². The normalized spacial score (nSPS) is 9.78. The minimum absolute atomic E-state index is 0.205. The summed E-state index contributed by atoms with van der Waals surface area (Å²) in [6.45, 7) is 0.348. The van der Waals surface area contributed by atoms with Crippen molar-refractivity contribution in [3.63, 3.8) is 0 Å². The lowest BCUT2D eigenvalue weighted by Gasteiger charge is -2.08. The molecule has 0 saturated carbocycles. The third kappa shape index (κ3) is 3.02. The fourth-order valence-electron chi connectivity index (χ4n) is 1.46. The molecule has 0 saturated heterocycles. The molecule has 0 unspecified atom stereocenters. The van der Waals surface area contributed by atoms with Crippen LogP contribution in [-0.4, -0.2) is 5.11 Å². The van der Waals surface area contributed by atoms with Crippen LogP contribution in [0.2, 0.25) is 0 Å². The minimum Gasteiger partial charge on any atom is -0.508 e. The van der Waals surface area contributed by atoms with Crippen molar-refractivity contribution in [3.05, 3.63) is 58.1 Å². The quantitative estimate of drug-likeness (QED) is 0.942. The van der Waals surface area contributed by atoms with Crippen LogP contribution >= 0.6 is 15.9 Å². The number of hydrogen-bond donors (Lipinski definition) is 1. The van der Waals surface area contributed by atoms with E-state index in [0.29, 0.717) is 17.9 Å². The fourth-order valence-corrected chi connectivity index (χ4v) is 1.82. The third-order valence-electron chi connectivity index (χ3n) is 2.41. The zero-order valence-corrected chi connectivity index (χ0v) is 11.0. The highest BCUT2D eigenvalue weighted by molar-refractivity contribution is 9.10. The van der Waals surface area contributed by atoms with E-state index in [4.69, 9.17) is 10.00 Å². The van der Waals surface area contributed by atoms with E-state index in [9.17, 15) is 5.11 Å². The molecular formula is C14H10BrNO2.